The van der Waals surface area contributed by atoms with E-state index in [4.69, 9.17) is 10.5 Å². The molecular formula is C14H23Cl2N3O2. The van der Waals surface area contributed by atoms with E-state index in [1.807, 2.05) is 23.1 Å². The van der Waals surface area contributed by atoms with Crippen LogP contribution in [0.2, 0.25) is 0 Å². The van der Waals surface area contributed by atoms with Gasteiger partial charge in [0, 0.05) is 37.9 Å². The smallest absolute Gasteiger partial charge is 0.239 e. The molecule has 21 heavy (non-hydrogen) atoms. The minimum absolute atomic E-state index is 0. The van der Waals surface area contributed by atoms with Gasteiger partial charge in [0.1, 0.15) is 5.75 Å². The number of benzene rings is 1. The fourth-order valence-corrected chi connectivity index (χ4v) is 2.28. The van der Waals surface area contributed by atoms with Crippen LogP contribution >= 0.6 is 24.8 Å². The summed E-state index contributed by atoms with van der Waals surface area (Å²) in [6.07, 6.45) is 0. The van der Waals surface area contributed by atoms with Crippen molar-refractivity contribution in [3.05, 3.63) is 24.3 Å². The molecule has 2 N–H and O–H groups in total. The minimum Gasteiger partial charge on any atom is -0.497 e. The van der Waals surface area contributed by atoms with Crippen LogP contribution in [0.3, 0.4) is 0 Å². The first-order valence-electron chi connectivity index (χ1n) is 6.55. The molecule has 120 valence electrons. The molecule has 0 aromatic heterocycles. The summed E-state index contributed by atoms with van der Waals surface area (Å²) in [5, 5.41) is 0. The molecule has 0 saturated carbocycles. The summed E-state index contributed by atoms with van der Waals surface area (Å²) in [6, 6.07) is 7.57. The maximum atomic E-state index is 11.8. The molecule has 1 amide bonds. The molecule has 0 unspecified atom stereocenters. The Hall–Kier alpha value is -1.17. The average Bonchev–Trinajstić information content (AvgIpc) is 2.46. The molecule has 2 rings (SSSR count). The van der Waals surface area contributed by atoms with Crippen molar-refractivity contribution in [2.24, 2.45) is 5.73 Å². The Kier molecular flexibility index (Phi) is 8.47. The van der Waals surface area contributed by atoms with Gasteiger partial charge in [-0.1, -0.05) is 6.07 Å². The standard InChI is InChI=1S/C14H21N3O2.2ClH/c1-11(15)14(18)17-8-6-16(7-9-17)12-4-3-5-13(10-12)19-2;;/h3-5,10-11H,6-9,15H2,1-2H3;2*1H/t11-;;/m0../s1. The van der Waals surface area contributed by atoms with E-state index in [0.717, 1.165) is 37.6 Å². The summed E-state index contributed by atoms with van der Waals surface area (Å²) in [7, 11) is 1.67. The summed E-state index contributed by atoms with van der Waals surface area (Å²) in [5.41, 5.74) is 6.76. The Morgan fingerprint density at radius 2 is 1.86 bits per heavy atom. The normalized spacial score (nSPS) is 15.6. The lowest BCUT2D eigenvalue weighted by atomic mass is 10.2. The van der Waals surface area contributed by atoms with Crippen molar-refractivity contribution in [3.63, 3.8) is 0 Å². The van der Waals surface area contributed by atoms with Gasteiger partial charge < -0.3 is 20.3 Å². The number of nitrogens with two attached hydrogens (primary N) is 1. The molecule has 0 radical (unpaired) electrons. The largest absolute Gasteiger partial charge is 0.497 e. The van der Waals surface area contributed by atoms with E-state index >= 15 is 0 Å². The number of anilines is 1. The van der Waals surface area contributed by atoms with Gasteiger partial charge in [0.2, 0.25) is 5.91 Å². The number of halogens is 2. The molecular weight excluding hydrogens is 313 g/mol. The van der Waals surface area contributed by atoms with Crippen molar-refractivity contribution in [1.29, 1.82) is 0 Å². The highest BCUT2D eigenvalue weighted by Gasteiger charge is 2.23. The van der Waals surface area contributed by atoms with Crippen molar-refractivity contribution in [1.82, 2.24) is 4.90 Å². The minimum atomic E-state index is -0.414. The predicted octanol–water partition coefficient (Wildman–Crippen LogP) is 1.53. The summed E-state index contributed by atoms with van der Waals surface area (Å²) in [5.74, 6) is 0.886. The molecule has 7 heteroatoms. The first-order valence-corrected chi connectivity index (χ1v) is 6.55. The second-order valence-electron chi connectivity index (χ2n) is 4.80. The molecule has 0 aliphatic carbocycles. The lowest BCUT2D eigenvalue weighted by Crippen LogP contribution is -2.52. The zero-order valence-electron chi connectivity index (χ0n) is 12.3. The molecule has 1 aromatic carbocycles. The highest BCUT2D eigenvalue weighted by atomic mass is 35.5. The van der Waals surface area contributed by atoms with Crippen LogP contribution in [0, 0.1) is 0 Å². The van der Waals surface area contributed by atoms with E-state index in [1.165, 1.54) is 0 Å². The van der Waals surface area contributed by atoms with Crippen LogP contribution in [-0.4, -0.2) is 50.1 Å². The first kappa shape index (κ1) is 19.8. The fraction of sp³-hybridized carbons (Fsp3) is 0.500. The van der Waals surface area contributed by atoms with E-state index in [-0.39, 0.29) is 30.7 Å². The van der Waals surface area contributed by atoms with Crippen LogP contribution in [-0.2, 0) is 4.79 Å². The number of nitrogens with zero attached hydrogens (tertiary/aromatic N) is 2. The monoisotopic (exact) mass is 335 g/mol. The Labute approximate surface area is 138 Å². The summed E-state index contributed by atoms with van der Waals surface area (Å²) >= 11 is 0. The van der Waals surface area contributed by atoms with Gasteiger partial charge in [-0.05, 0) is 19.1 Å². The van der Waals surface area contributed by atoms with E-state index < -0.39 is 6.04 Å². The topological polar surface area (TPSA) is 58.8 Å². The molecule has 1 aliphatic heterocycles. The maximum Gasteiger partial charge on any atom is 0.239 e. The molecule has 0 spiro atoms. The molecule has 1 fully saturated rings. The van der Waals surface area contributed by atoms with Gasteiger partial charge in [0.05, 0.1) is 13.2 Å². The van der Waals surface area contributed by atoms with E-state index in [0.29, 0.717) is 0 Å². The van der Waals surface area contributed by atoms with Gasteiger partial charge in [-0.2, -0.15) is 0 Å². The third kappa shape index (κ3) is 4.95. The average molecular weight is 336 g/mol. The van der Waals surface area contributed by atoms with Crippen LogP contribution in [0.15, 0.2) is 24.3 Å². The van der Waals surface area contributed by atoms with Crippen LogP contribution in [0.25, 0.3) is 0 Å². The van der Waals surface area contributed by atoms with E-state index in [9.17, 15) is 4.79 Å². The SMILES string of the molecule is COc1cccc(N2CCN(C(=O)[C@H](C)N)CC2)c1.Cl.Cl. The number of hydrogen-bond acceptors (Lipinski definition) is 4. The molecule has 0 bridgehead atoms. The Balaban J connectivity index is 0.00000200. The number of rotatable bonds is 3. The number of piperazine rings is 1. The summed E-state index contributed by atoms with van der Waals surface area (Å²) < 4.78 is 5.23. The number of ether oxygens (including phenoxy) is 1. The number of methoxy groups -OCH3 is 1. The number of carbonyl (C=O) groups excluding carboxylic acids is 1. The Morgan fingerprint density at radius 1 is 1.24 bits per heavy atom. The third-order valence-electron chi connectivity index (χ3n) is 3.40. The number of amides is 1. The highest BCUT2D eigenvalue weighted by molar-refractivity contribution is 5.85. The van der Waals surface area contributed by atoms with Crippen molar-refractivity contribution in [2.45, 2.75) is 13.0 Å². The second kappa shape index (κ2) is 8.97. The quantitative estimate of drug-likeness (QED) is 0.910. The molecule has 1 aliphatic rings. The van der Waals surface area contributed by atoms with E-state index in [1.54, 1.807) is 14.0 Å². The van der Waals surface area contributed by atoms with Crippen LogP contribution in [0.5, 0.6) is 5.75 Å². The molecule has 1 heterocycles. The third-order valence-corrected chi connectivity index (χ3v) is 3.40. The molecule has 1 aromatic rings. The van der Waals surface area contributed by atoms with Crippen molar-refractivity contribution in [2.75, 3.05) is 38.2 Å². The second-order valence-corrected chi connectivity index (χ2v) is 4.80. The maximum absolute atomic E-state index is 11.8. The van der Waals surface area contributed by atoms with Crippen LogP contribution < -0.4 is 15.4 Å². The van der Waals surface area contributed by atoms with Crippen molar-refractivity contribution >= 4 is 36.4 Å². The lowest BCUT2D eigenvalue weighted by Gasteiger charge is -2.36. The summed E-state index contributed by atoms with van der Waals surface area (Å²) in [4.78, 5) is 15.9. The predicted molar refractivity (Wildman–Crippen MR) is 89.9 cm³/mol. The molecule has 1 atom stereocenters. The Morgan fingerprint density at radius 3 is 2.38 bits per heavy atom. The molecule has 1 saturated heterocycles. The van der Waals surface area contributed by atoms with Crippen LogP contribution in [0.1, 0.15) is 6.92 Å². The van der Waals surface area contributed by atoms with E-state index in [2.05, 4.69) is 11.0 Å². The number of hydrogen-bond donors (Lipinski definition) is 1. The van der Waals surface area contributed by atoms with Gasteiger partial charge in [-0.3, -0.25) is 4.79 Å². The fourth-order valence-electron chi connectivity index (χ4n) is 2.28. The Bertz CT molecular complexity index is 450. The number of carbonyl (C=O) groups is 1. The zero-order chi connectivity index (χ0) is 13.8. The highest BCUT2D eigenvalue weighted by Crippen LogP contribution is 2.22. The van der Waals surface area contributed by atoms with Crippen molar-refractivity contribution < 1.29 is 9.53 Å². The van der Waals surface area contributed by atoms with Gasteiger partial charge in [-0.25, -0.2) is 0 Å². The van der Waals surface area contributed by atoms with Gasteiger partial charge >= 0.3 is 0 Å². The van der Waals surface area contributed by atoms with Gasteiger partial charge in [-0.15, -0.1) is 24.8 Å². The van der Waals surface area contributed by atoms with Crippen molar-refractivity contribution in [3.8, 4) is 5.75 Å². The lowest BCUT2D eigenvalue weighted by molar-refractivity contribution is -0.132. The zero-order valence-corrected chi connectivity index (χ0v) is 14.0. The first-order chi connectivity index (χ1) is 9.11. The van der Waals surface area contributed by atoms with Gasteiger partial charge in [0.15, 0.2) is 0 Å². The van der Waals surface area contributed by atoms with Crippen LogP contribution in [0.4, 0.5) is 5.69 Å². The van der Waals surface area contributed by atoms with Gasteiger partial charge in [0.25, 0.3) is 0 Å². The summed E-state index contributed by atoms with van der Waals surface area (Å²) in [6.45, 7) is 4.82. The molecule has 5 nitrogen and oxygen atoms in total.